The second-order valence-corrected chi connectivity index (χ2v) is 7.19. The minimum absolute atomic E-state index is 0.0851. The summed E-state index contributed by atoms with van der Waals surface area (Å²) in [5, 5.41) is 0. The standard InChI is InChI=1S/C10H23O4P/c1-9(2,3)7-8-13-15(11,12)14-10(4,5)6/h7-8H2,1-6H3,(H,11,12). The maximum Gasteiger partial charge on any atom is 0.472 e. The van der Waals surface area contributed by atoms with Crippen molar-refractivity contribution in [2.45, 2.75) is 53.6 Å². The zero-order valence-corrected chi connectivity index (χ0v) is 11.4. The second kappa shape index (κ2) is 4.96. The van der Waals surface area contributed by atoms with Gasteiger partial charge in [-0.05, 0) is 32.6 Å². The molecule has 15 heavy (non-hydrogen) atoms. The Morgan fingerprint density at radius 3 is 1.93 bits per heavy atom. The molecule has 0 fully saturated rings. The number of hydrogen-bond donors (Lipinski definition) is 1. The molecule has 0 aromatic carbocycles. The Balaban J connectivity index is 4.01. The van der Waals surface area contributed by atoms with Gasteiger partial charge in [-0.1, -0.05) is 20.8 Å². The third-order valence-corrected chi connectivity index (χ3v) is 2.78. The van der Waals surface area contributed by atoms with E-state index in [0.29, 0.717) is 6.42 Å². The molecule has 0 radical (unpaired) electrons. The number of rotatable bonds is 4. The quantitative estimate of drug-likeness (QED) is 0.763. The van der Waals surface area contributed by atoms with E-state index in [0.717, 1.165) is 0 Å². The summed E-state index contributed by atoms with van der Waals surface area (Å²) in [6, 6.07) is 0. The molecular weight excluding hydrogens is 215 g/mol. The normalized spacial score (nSPS) is 17.5. The fraction of sp³-hybridized carbons (Fsp3) is 1.00. The molecule has 1 N–H and O–H groups in total. The first-order valence-electron chi connectivity index (χ1n) is 5.09. The van der Waals surface area contributed by atoms with Crippen LogP contribution in [0.2, 0.25) is 0 Å². The van der Waals surface area contributed by atoms with Crippen molar-refractivity contribution >= 4 is 7.82 Å². The Labute approximate surface area is 92.6 Å². The van der Waals surface area contributed by atoms with E-state index < -0.39 is 13.4 Å². The summed E-state index contributed by atoms with van der Waals surface area (Å²) < 4.78 is 21.2. The lowest BCUT2D eigenvalue weighted by Gasteiger charge is -2.24. The van der Waals surface area contributed by atoms with Gasteiger partial charge in [-0.3, -0.25) is 9.05 Å². The average molecular weight is 238 g/mol. The summed E-state index contributed by atoms with van der Waals surface area (Å²) >= 11 is 0. The van der Waals surface area contributed by atoms with Crippen molar-refractivity contribution in [1.82, 2.24) is 0 Å². The van der Waals surface area contributed by atoms with Crippen molar-refractivity contribution in [1.29, 1.82) is 0 Å². The minimum Gasteiger partial charge on any atom is -0.302 e. The fourth-order valence-corrected chi connectivity index (χ4v) is 1.91. The van der Waals surface area contributed by atoms with Crippen LogP contribution in [-0.4, -0.2) is 17.1 Å². The third kappa shape index (κ3) is 10.4. The molecule has 0 rings (SSSR count). The molecule has 5 heteroatoms. The maximum atomic E-state index is 11.4. The van der Waals surface area contributed by atoms with Crippen LogP contribution in [0.15, 0.2) is 0 Å². The summed E-state index contributed by atoms with van der Waals surface area (Å²) in [5.74, 6) is 0. The summed E-state index contributed by atoms with van der Waals surface area (Å²) in [7, 11) is -3.90. The van der Waals surface area contributed by atoms with E-state index in [1.807, 2.05) is 20.8 Å². The molecule has 4 nitrogen and oxygen atoms in total. The van der Waals surface area contributed by atoms with E-state index in [4.69, 9.17) is 9.05 Å². The fourth-order valence-electron chi connectivity index (χ4n) is 0.840. The number of phosphoric ester groups is 1. The molecule has 0 aliphatic carbocycles. The molecule has 1 unspecified atom stereocenters. The van der Waals surface area contributed by atoms with Gasteiger partial charge in [0.25, 0.3) is 0 Å². The summed E-state index contributed by atoms with van der Waals surface area (Å²) in [6.45, 7) is 11.5. The third-order valence-electron chi connectivity index (χ3n) is 1.50. The highest BCUT2D eigenvalue weighted by Crippen LogP contribution is 2.47. The molecule has 0 saturated carbocycles. The van der Waals surface area contributed by atoms with Gasteiger partial charge in [0.2, 0.25) is 0 Å². The van der Waals surface area contributed by atoms with Gasteiger partial charge < -0.3 is 4.89 Å². The molecule has 0 heterocycles. The first kappa shape index (κ1) is 15.1. The Kier molecular flexibility index (Phi) is 5.00. The van der Waals surface area contributed by atoms with Crippen molar-refractivity contribution in [2.75, 3.05) is 6.61 Å². The molecule has 0 aliphatic rings. The van der Waals surface area contributed by atoms with Crippen molar-refractivity contribution in [3.63, 3.8) is 0 Å². The van der Waals surface area contributed by atoms with Crippen molar-refractivity contribution in [2.24, 2.45) is 5.41 Å². The smallest absolute Gasteiger partial charge is 0.302 e. The van der Waals surface area contributed by atoms with Crippen LogP contribution in [0.4, 0.5) is 0 Å². The Morgan fingerprint density at radius 1 is 1.13 bits per heavy atom. The molecular formula is C10H23O4P. The SMILES string of the molecule is CC(C)(C)CCOP(=O)(O)OC(C)(C)C. The Bertz CT molecular complexity index is 237. The Hall–Kier alpha value is 0.110. The van der Waals surface area contributed by atoms with Crippen molar-refractivity contribution in [3.8, 4) is 0 Å². The molecule has 0 saturated heterocycles. The Morgan fingerprint density at radius 2 is 1.60 bits per heavy atom. The largest absolute Gasteiger partial charge is 0.472 e. The van der Waals surface area contributed by atoms with Gasteiger partial charge in [0.05, 0.1) is 12.2 Å². The highest BCUT2D eigenvalue weighted by atomic mass is 31.2. The van der Waals surface area contributed by atoms with Gasteiger partial charge >= 0.3 is 7.82 Å². The van der Waals surface area contributed by atoms with Gasteiger partial charge in [-0.2, -0.15) is 0 Å². The topological polar surface area (TPSA) is 55.8 Å². The zero-order valence-electron chi connectivity index (χ0n) is 10.5. The number of hydrogen-bond acceptors (Lipinski definition) is 3. The first-order chi connectivity index (χ1) is 6.41. The van der Waals surface area contributed by atoms with Gasteiger partial charge in [0.15, 0.2) is 0 Å². The van der Waals surface area contributed by atoms with E-state index in [-0.39, 0.29) is 12.0 Å². The van der Waals surface area contributed by atoms with Gasteiger partial charge in [-0.15, -0.1) is 0 Å². The van der Waals surface area contributed by atoms with Gasteiger partial charge in [0.1, 0.15) is 0 Å². The van der Waals surface area contributed by atoms with E-state index in [2.05, 4.69) is 0 Å². The van der Waals surface area contributed by atoms with E-state index in [1.54, 1.807) is 20.8 Å². The molecule has 0 bridgehead atoms. The number of phosphoric acid groups is 1. The van der Waals surface area contributed by atoms with Crippen molar-refractivity contribution < 1.29 is 18.5 Å². The van der Waals surface area contributed by atoms with Gasteiger partial charge in [-0.25, -0.2) is 4.57 Å². The molecule has 0 aliphatic heterocycles. The highest BCUT2D eigenvalue weighted by Gasteiger charge is 2.28. The van der Waals surface area contributed by atoms with Crippen LogP contribution >= 0.6 is 7.82 Å². The summed E-state index contributed by atoms with van der Waals surface area (Å²) in [4.78, 5) is 9.36. The van der Waals surface area contributed by atoms with Gasteiger partial charge in [0, 0.05) is 0 Å². The molecule has 0 aromatic heterocycles. The van der Waals surface area contributed by atoms with Crippen LogP contribution in [-0.2, 0) is 13.6 Å². The molecule has 0 spiro atoms. The highest BCUT2D eigenvalue weighted by molar-refractivity contribution is 7.47. The maximum absolute atomic E-state index is 11.4. The average Bonchev–Trinajstić information content (AvgIpc) is 1.75. The lowest BCUT2D eigenvalue weighted by Crippen LogP contribution is -2.18. The first-order valence-corrected chi connectivity index (χ1v) is 6.59. The molecule has 0 amide bonds. The lowest BCUT2D eigenvalue weighted by molar-refractivity contribution is 0.0577. The van der Waals surface area contributed by atoms with Crippen LogP contribution in [0.3, 0.4) is 0 Å². The predicted octanol–water partition coefficient (Wildman–Crippen LogP) is 3.35. The lowest BCUT2D eigenvalue weighted by atomic mass is 9.93. The second-order valence-electron chi connectivity index (χ2n) is 5.82. The zero-order chi connectivity index (χ0) is 12.3. The van der Waals surface area contributed by atoms with E-state index in [1.165, 1.54) is 0 Å². The van der Waals surface area contributed by atoms with E-state index in [9.17, 15) is 9.46 Å². The minimum atomic E-state index is -3.90. The van der Waals surface area contributed by atoms with Crippen LogP contribution in [0.25, 0.3) is 0 Å². The monoisotopic (exact) mass is 238 g/mol. The van der Waals surface area contributed by atoms with Crippen LogP contribution in [0.1, 0.15) is 48.0 Å². The van der Waals surface area contributed by atoms with E-state index >= 15 is 0 Å². The molecule has 92 valence electrons. The predicted molar refractivity (Wildman–Crippen MR) is 60.7 cm³/mol. The summed E-state index contributed by atoms with van der Waals surface area (Å²) in [6.07, 6.45) is 0.713. The molecule has 0 aromatic rings. The van der Waals surface area contributed by atoms with Crippen LogP contribution in [0.5, 0.6) is 0 Å². The summed E-state index contributed by atoms with van der Waals surface area (Å²) in [5.41, 5.74) is -0.590. The van der Waals surface area contributed by atoms with Crippen LogP contribution in [0, 0.1) is 5.41 Å². The van der Waals surface area contributed by atoms with Crippen molar-refractivity contribution in [3.05, 3.63) is 0 Å². The van der Waals surface area contributed by atoms with Crippen LogP contribution < -0.4 is 0 Å². The molecule has 1 atom stereocenters.